The number of rotatable bonds is 7. The molecule has 0 heterocycles. The summed E-state index contributed by atoms with van der Waals surface area (Å²) < 4.78 is 19.2. The van der Waals surface area contributed by atoms with E-state index in [0.29, 0.717) is 11.6 Å². The maximum Gasteiger partial charge on any atom is 0.167 e. The van der Waals surface area contributed by atoms with E-state index in [0.717, 1.165) is 23.5 Å². The summed E-state index contributed by atoms with van der Waals surface area (Å²) in [7, 11) is -2.76. The highest BCUT2D eigenvalue weighted by Gasteiger charge is 2.27. The molecule has 0 aromatic heterocycles. The zero-order valence-corrected chi connectivity index (χ0v) is 13.8. The van der Waals surface area contributed by atoms with Crippen molar-refractivity contribution in [3.8, 4) is 0 Å². The van der Waals surface area contributed by atoms with Gasteiger partial charge in [0.15, 0.2) is 7.14 Å². The molecular formula is C17H20ClO2P. The van der Waals surface area contributed by atoms with Crippen LogP contribution in [0.3, 0.4) is 0 Å². The van der Waals surface area contributed by atoms with Crippen LogP contribution in [0, 0.1) is 0 Å². The molecule has 0 aliphatic heterocycles. The largest absolute Gasteiger partial charge is 0.373 e. The average molecular weight is 323 g/mol. The summed E-state index contributed by atoms with van der Waals surface area (Å²) in [5.74, 6) is 0. The van der Waals surface area contributed by atoms with Crippen LogP contribution >= 0.6 is 18.7 Å². The molecule has 0 amide bonds. The van der Waals surface area contributed by atoms with Gasteiger partial charge in [0.2, 0.25) is 0 Å². The highest BCUT2D eigenvalue weighted by Crippen LogP contribution is 2.43. The maximum absolute atomic E-state index is 13.5. The molecule has 2 aromatic rings. The van der Waals surface area contributed by atoms with E-state index in [4.69, 9.17) is 16.3 Å². The molecule has 0 spiro atoms. The van der Waals surface area contributed by atoms with E-state index < -0.39 is 7.14 Å². The molecule has 1 atom stereocenters. The van der Waals surface area contributed by atoms with Crippen molar-refractivity contribution >= 4 is 29.4 Å². The highest BCUT2D eigenvalue weighted by molar-refractivity contribution is 7.78. The first-order valence-corrected chi connectivity index (χ1v) is 9.42. The van der Waals surface area contributed by atoms with Gasteiger partial charge in [0.1, 0.15) is 6.35 Å². The van der Waals surface area contributed by atoms with Crippen LogP contribution in [-0.4, -0.2) is 13.0 Å². The van der Waals surface area contributed by atoms with E-state index in [1.165, 1.54) is 0 Å². The number of unbranched alkanes of at least 4 members (excludes halogenated alkanes) is 1. The van der Waals surface area contributed by atoms with Crippen LogP contribution < -0.4 is 10.6 Å². The molecular weight excluding hydrogens is 303 g/mol. The summed E-state index contributed by atoms with van der Waals surface area (Å²) in [6, 6.07) is 16.8. The standard InChI is InChI=1S/C17H20ClO2P/c1-2-3-13-20-14-21(19,16-7-5-4-6-8-16)17-11-9-15(18)10-12-17/h4-12H,2-3,13-14H2,1H3. The third-order valence-corrected chi connectivity index (χ3v) is 6.40. The first-order valence-electron chi connectivity index (χ1n) is 7.15. The van der Waals surface area contributed by atoms with Gasteiger partial charge in [0.25, 0.3) is 0 Å². The fourth-order valence-electron chi connectivity index (χ4n) is 2.09. The van der Waals surface area contributed by atoms with Gasteiger partial charge in [-0.2, -0.15) is 0 Å². The normalized spacial score (nSPS) is 13.8. The van der Waals surface area contributed by atoms with E-state index in [-0.39, 0.29) is 6.35 Å². The number of ether oxygens (including phenoxy) is 1. The molecule has 112 valence electrons. The van der Waals surface area contributed by atoms with Gasteiger partial charge < -0.3 is 9.30 Å². The van der Waals surface area contributed by atoms with Gasteiger partial charge in [0.05, 0.1) is 0 Å². The fraction of sp³-hybridized carbons (Fsp3) is 0.294. The van der Waals surface area contributed by atoms with Crippen LogP contribution in [-0.2, 0) is 9.30 Å². The summed E-state index contributed by atoms with van der Waals surface area (Å²) in [4.78, 5) is 0. The van der Waals surface area contributed by atoms with E-state index in [1.54, 1.807) is 12.1 Å². The van der Waals surface area contributed by atoms with Crippen molar-refractivity contribution < 1.29 is 9.30 Å². The van der Waals surface area contributed by atoms with E-state index >= 15 is 0 Å². The summed E-state index contributed by atoms with van der Waals surface area (Å²) in [6.45, 7) is 2.75. The Morgan fingerprint density at radius 3 is 2.24 bits per heavy atom. The molecule has 1 unspecified atom stereocenters. The Morgan fingerprint density at radius 1 is 1.00 bits per heavy atom. The first kappa shape index (κ1) is 16.3. The van der Waals surface area contributed by atoms with Gasteiger partial charge in [-0.25, -0.2) is 0 Å². The molecule has 0 saturated heterocycles. The van der Waals surface area contributed by atoms with Gasteiger partial charge in [-0.3, -0.25) is 0 Å². The average Bonchev–Trinajstić information content (AvgIpc) is 2.53. The minimum absolute atomic E-state index is 0.235. The Hall–Kier alpha value is -1.08. The Labute approximate surface area is 131 Å². The lowest BCUT2D eigenvalue weighted by Crippen LogP contribution is -2.20. The summed E-state index contributed by atoms with van der Waals surface area (Å²) >= 11 is 5.93. The molecule has 0 radical (unpaired) electrons. The molecule has 0 aliphatic carbocycles. The lowest BCUT2D eigenvalue weighted by molar-refractivity contribution is 0.173. The zero-order chi connectivity index (χ0) is 15.1. The van der Waals surface area contributed by atoms with Crippen LogP contribution in [0.5, 0.6) is 0 Å². The van der Waals surface area contributed by atoms with E-state index in [9.17, 15) is 4.57 Å². The molecule has 0 fully saturated rings. The molecule has 2 rings (SSSR count). The zero-order valence-electron chi connectivity index (χ0n) is 12.2. The third kappa shape index (κ3) is 4.20. The molecule has 0 aliphatic rings. The van der Waals surface area contributed by atoms with Crippen LogP contribution in [0.1, 0.15) is 19.8 Å². The topological polar surface area (TPSA) is 26.3 Å². The van der Waals surface area contributed by atoms with Gasteiger partial charge in [-0.05, 0) is 30.7 Å². The van der Waals surface area contributed by atoms with Crippen LogP contribution in [0.25, 0.3) is 0 Å². The number of benzene rings is 2. The predicted molar refractivity (Wildman–Crippen MR) is 90.5 cm³/mol. The maximum atomic E-state index is 13.5. The second kappa shape index (κ2) is 7.79. The number of hydrogen-bond donors (Lipinski definition) is 0. The Kier molecular flexibility index (Phi) is 6.05. The van der Waals surface area contributed by atoms with Crippen molar-refractivity contribution in [3.63, 3.8) is 0 Å². The highest BCUT2D eigenvalue weighted by atomic mass is 35.5. The monoisotopic (exact) mass is 322 g/mol. The molecule has 4 heteroatoms. The molecule has 2 aromatic carbocycles. The second-order valence-corrected chi connectivity index (χ2v) is 8.15. The minimum atomic E-state index is -2.76. The summed E-state index contributed by atoms with van der Waals surface area (Å²) in [5.41, 5.74) is 0. The van der Waals surface area contributed by atoms with Crippen molar-refractivity contribution in [2.45, 2.75) is 19.8 Å². The van der Waals surface area contributed by atoms with Gasteiger partial charge >= 0.3 is 0 Å². The molecule has 0 bridgehead atoms. The van der Waals surface area contributed by atoms with E-state index in [2.05, 4.69) is 6.92 Å². The second-order valence-electron chi connectivity index (χ2n) is 4.94. The summed E-state index contributed by atoms with van der Waals surface area (Å²) in [6.07, 6.45) is 2.28. The van der Waals surface area contributed by atoms with E-state index in [1.807, 2.05) is 42.5 Å². The Morgan fingerprint density at radius 2 is 1.62 bits per heavy atom. The Balaban J connectivity index is 2.30. The lowest BCUT2D eigenvalue weighted by Gasteiger charge is -2.19. The van der Waals surface area contributed by atoms with Crippen LogP contribution in [0.2, 0.25) is 5.02 Å². The minimum Gasteiger partial charge on any atom is -0.373 e. The quantitative estimate of drug-likeness (QED) is 0.557. The smallest absolute Gasteiger partial charge is 0.167 e. The fourth-order valence-corrected chi connectivity index (χ4v) is 4.48. The van der Waals surface area contributed by atoms with Gasteiger partial charge in [-0.1, -0.05) is 55.3 Å². The SMILES string of the molecule is CCCCOCP(=O)(c1ccccc1)c1ccc(Cl)cc1. The van der Waals surface area contributed by atoms with Crippen LogP contribution in [0.4, 0.5) is 0 Å². The van der Waals surface area contributed by atoms with Crippen molar-refractivity contribution in [2.75, 3.05) is 13.0 Å². The first-order chi connectivity index (χ1) is 10.2. The lowest BCUT2D eigenvalue weighted by atomic mass is 10.4. The molecule has 2 nitrogen and oxygen atoms in total. The molecule has 0 saturated carbocycles. The predicted octanol–water partition coefficient (Wildman–Crippen LogP) is 4.43. The Bertz CT molecular complexity index is 596. The van der Waals surface area contributed by atoms with Gasteiger partial charge in [0, 0.05) is 22.2 Å². The van der Waals surface area contributed by atoms with Crippen molar-refractivity contribution in [2.24, 2.45) is 0 Å². The number of hydrogen-bond acceptors (Lipinski definition) is 2. The molecule has 0 N–H and O–H groups in total. The van der Waals surface area contributed by atoms with Crippen LogP contribution in [0.15, 0.2) is 54.6 Å². The van der Waals surface area contributed by atoms with Crippen molar-refractivity contribution in [3.05, 3.63) is 59.6 Å². The molecule has 21 heavy (non-hydrogen) atoms. The van der Waals surface area contributed by atoms with Gasteiger partial charge in [-0.15, -0.1) is 0 Å². The van der Waals surface area contributed by atoms with Crippen molar-refractivity contribution in [1.82, 2.24) is 0 Å². The summed E-state index contributed by atoms with van der Waals surface area (Å²) in [5, 5.41) is 2.25. The van der Waals surface area contributed by atoms with Crippen molar-refractivity contribution in [1.29, 1.82) is 0 Å². The number of halogens is 1. The third-order valence-electron chi connectivity index (χ3n) is 3.33.